The Morgan fingerprint density at radius 1 is 1.15 bits per heavy atom. The van der Waals surface area contributed by atoms with Crippen molar-refractivity contribution in [2.24, 2.45) is 0 Å². The second-order valence-electron chi connectivity index (χ2n) is 5.48. The van der Waals surface area contributed by atoms with E-state index in [1.54, 1.807) is 24.3 Å². The van der Waals surface area contributed by atoms with E-state index in [0.29, 0.717) is 11.1 Å². The molecule has 2 aromatic rings. The van der Waals surface area contributed by atoms with Crippen molar-refractivity contribution in [1.29, 1.82) is 5.26 Å². The van der Waals surface area contributed by atoms with Gasteiger partial charge in [0.1, 0.15) is 0 Å². The number of sulfonamides is 1. The van der Waals surface area contributed by atoms with Gasteiger partial charge in [-0.1, -0.05) is 18.1 Å². The van der Waals surface area contributed by atoms with Gasteiger partial charge < -0.3 is 5.32 Å². The molecule has 6 nitrogen and oxygen atoms in total. The summed E-state index contributed by atoms with van der Waals surface area (Å²) in [5.74, 6) is 1.86. The lowest BCUT2D eigenvalue weighted by molar-refractivity contribution is 0.0940. The zero-order valence-corrected chi connectivity index (χ0v) is 14.9. The molecule has 26 heavy (non-hydrogen) atoms. The van der Waals surface area contributed by atoms with Crippen LogP contribution in [0.5, 0.6) is 0 Å². The van der Waals surface area contributed by atoms with E-state index in [-0.39, 0.29) is 23.4 Å². The minimum Gasteiger partial charge on any atom is -0.346 e. The van der Waals surface area contributed by atoms with Crippen molar-refractivity contribution in [1.82, 2.24) is 10.0 Å². The number of nitrogens with one attached hydrogen (secondary N) is 2. The molecule has 0 aliphatic rings. The molecule has 2 N–H and O–H groups in total. The van der Waals surface area contributed by atoms with Gasteiger partial charge in [0, 0.05) is 5.56 Å². The maximum absolute atomic E-state index is 12.3. The Bertz CT molecular complexity index is 967. The second kappa shape index (κ2) is 8.30. The first kappa shape index (κ1) is 19.2. The van der Waals surface area contributed by atoms with Gasteiger partial charge in [0.05, 0.1) is 29.1 Å². The van der Waals surface area contributed by atoms with Crippen LogP contribution in [-0.4, -0.2) is 20.9 Å². The van der Waals surface area contributed by atoms with Crippen LogP contribution < -0.4 is 10.0 Å². The normalized spacial score (nSPS) is 11.8. The predicted octanol–water partition coefficient (Wildman–Crippen LogP) is 1.96. The SMILES string of the molecule is C#CCNS(=O)(=O)c1ccc(C(=O)NC(C)c2ccc(C#N)cc2)cc1. The van der Waals surface area contributed by atoms with E-state index in [2.05, 4.69) is 16.0 Å². The summed E-state index contributed by atoms with van der Waals surface area (Å²) in [6, 6.07) is 14.2. The number of benzene rings is 2. The van der Waals surface area contributed by atoms with Gasteiger partial charge in [-0.3, -0.25) is 4.79 Å². The Balaban J connectivity index is 2.07. The Kier molecular flexibility index (Phi) is 6.13. The predicted molar refractivity (Wildman–Crippen MR) is 97.5 cm³/mol. The van der Waals surface area contributed by atoms with E-state index in [0.717, 1.165) is 5.56 Å². The fraction of sp³-hybridized carbons (Fsp3) is 0.158. The van der Waals surface area contributed by atoms with Crippen molar-refractivity contribution in [3.8, 4) is 18.4 Å². The molecule has 0 spiro atoms. The van der Waals surface area contributed by atoms with Crippen LogP contribution in [0.3, 0.4) is 0 Å². The Labute approximate surface area is 152 Å². The maximum Gasteiger partial charge on any atom is 0.251 e. The average molecular weight is 367 g/mol. The molecule has 0 heterocycles. The lowest BCUT2D eigenvalue weighted by atomic mass is 10.1. The standard InChI is InChI=1S/C19H17N3O3S/c1-3-12-21-26(24,25)18-10-8-17(9-11-18)19(23)22-14(2)16-6-4-15(13-20)5-7-16/h1,4-11,14,21H,12H2,2H3,(H,22,23). The van der Waals surface area contributed by atoms with Crippen molar-refractivity contribution >= 4 is 15.9 Å². The summed E-state index contributed by atoms with van der Waals surface area (Å²) in [4.78, 5) is 12.4. The van der Waals surface area contributed by atoms with E-state index in [1.807, 2.05) is 13.0 Å². The molecule has 2 rings (SSSR count). The van der Waals surface area contributed by atoms with E-state index >= 15 is 0 Å². The zero-order valence-electron chi connectivity index (χ0n) is 14.1. The van der Waals surface area contributed by atoms with Crippen LogP contribution >= 0.6 is 0 Å². The highest BCUT2D eigenvalue weighted by atomic mass is 32.2. The molecule has 1 unspecified atom stereocenters. The third kappa shape index (κ3) is 4.70. The fourth-order valence-corrected chi connectivity index (χ4v) is 3.15. The molecule has 1 amide bonds. The molecule has 7 heteroatoms. The number of rotatable bonds is 6. The highest BCUT2D eigenvalue weighted by Gasteiger charge is 2.15. The van der Waals surface area contributed by atoms with Gasteiger partial charge in [0.2, 0.25) is 10.0 Å². The number of amides is 1. The van der Waals surface area contributed by atoms with E-state index in [9.17, 15) is 13.2 Å². The monoisotopic (exact) mass is 367 g/mol. The Hall–Kier alpha value is -3.13. The molecule has 132 valence electrons. The third-order valence-corrected chi connectivity index (χ3v) is 5.10. The molecule has 0 aromatic heterocycles. The van der Waals surface area contributed by atoms with Gasteiger partial charge in [-0.15, -0.1) is 6.42 Å². The van der Waals surface area contributed by atoms with Gasteiger partial charge >= 0.3 is 0 Å². The number of terminal acetylenes is 1. The lowest BCUT2D eigenvalue weighted by Crippen LogP contribution is -2.27. The van der Waals surface area contributed by atoms with Crippen molar-refractivity contribution in [2.45, 2.75) is 17.9 Å². The summed E-state index contributed by atoms with van der Waals surface area (Å²) in [6.07, 6.45) is 5.04. The topological polar surface area (TPSA) is 99.1 Å². The molecule has 0 radical (unpaired) electrons. The van der Waals surface area contributed by atoms with Crippen LogP contribution in [0.15, 0.2) is 53.4 Å². The molecule has 0 bridgehead atoms. The maximum atomic E-state index is 12.3. The van der Waals surface area contributed by atoms with Crippen LogP contribution in [0.25, 0.3) is 0 Å². The highest BCUT2D eigenvalue weighted by Crippen LogP contribution is 2.15. The third-order valence-electron chi connectivity index (χ3n) is 3.68. The lowest BCUT2D eigenvalue weighted by Gasteiger charge is -2.14. The minimum absolute atomic E-state index is 0.0319. The number of nitrogens with zero attached hydrogens (tertiary/aromatic N) is 1. The van der Waals surface area contributed by atoms with Crippen LogP contribution in [0.2, 0.25) is 0 Å². The summed E-state index contributed by atoms with van der Waals surface area (Å²) in [5, 5.41) is 11.6. The Morgan fingerprint density at radius 2 is 1.77 bits per heavy atom. The van der Waals surface area contributed by atoms with Gasteiger partial charge in [0.15, 0.2) is 0 Å². The number of hydrogen-bond donors (Lipinski definition) is 2. The first-order valence-corrected chi connectivity index (χ1v) is 9.20. The largest absolute Gasteiger partial charge is 0.346 e. The summed E-state index contributed by atoms with van der Waals surface area (Å²) >= 11 is 0. The molecule has 0 saturated heterocycles. The van der Waals surface area contributed by atoms with Crippen LogP contribution in [-0.2, 0) is 10.0 Å². The summed E-state index contributed by atoms with van der Waals surface area (Å²) in [6.45, 7) is 1.72. The van der Waals surface area contributed by atoms with Crippen molar-refractivity contribution in [2.75, 3.05) is 6.54 Å². The van der Waals surface area contributed by atoms with Crippen LogP contribution in [0, 0.1) is 23.7 Å². The molecule has 2 aromatic carbocycles. The fourth-order valence-electron chi connectivity index (χ4n) is 2.22. The molecule has 0 aliphatic heterocycles. The molecular formula is C19H17N3O3S. The van der Waals surface area contributed by atoms with Gasteiger partial charge in [-0.25, -0.2) is 8.42 Å². The number of hydrogen-bond acceptors (Lipinski definition) is 4. The second-order valence-corrected chi connectivity index (χ2v) is 7.25. The smallest absolute Gasteiger partial charge is 0.251 e. The zero-order chi connectivity index (χ0) is 19.2. The number of nitriles is 1. The molecule has 0 saturated carbocycles. The van der Waals surface area contributed by atoms with Crippen molar-refractivity contribution in [3.63, 3.8) is 0 Å². The van der Waals surface area contributed by atoms with E-state index in [1.165, 1.54) is 24.3 Å². The van der Waals surface area contributed by atoms with Gasteiger partial charge in [0.25, 0.3) is 5.91 Å². The minimum atomic E-state index is -3.69. The molecular weight excluding hydrogens is 350 g/mol. The number of carbonyl (C=O) groups is 1. The summed E-state index contributed by atoms with van der Waals surface area (Å²) in [5.41, 5.74) is 1.74. The molecule has 0 fully saturated rings. The van der Waals surface area contributed by atoms with E-state index < -0.39 is 10.0 Å². The average Bonchev–Trinajstić information content (AvgIpc) is 2.66. The molecule has 0 aliphatic carbocycles. The van der Waals surface area contributed by atoms with Crippen molar-refractivity contribution < 1.29 is 13.2 Å². The van der Waals surface area contributed by atoms with E-state index in [4.69, 9.17) is 11.7 Å². The first-order valence-electron chi connectivity index (χ1n) is 7.71. The number of carbonyl (C=O) groups excluding carboxylic acids is 1. The quantitative estimate of drug-likeness (QED) is 0.763. The molecule has 1 atom stereocenters. The van der Waals surface area contributed by atoms with Crippen LogP contribution in [0.1, 0.15) is 34.5 Å². The van der Waals surface area contributed by atoms with Crippen molar-refractivity contribution in [3.05, 3.63) is 65.2 Å². The summed E-state index contributed by atoms with van der Waals surface area (Å²) < 4.78 is 26.2. The summed E-state index contributed by atoms with van der Waals surface area (Å²) in [7, 11) is -3.69. The van der Waals surface area contributed by atoms with Gasteiger partial charge in [-0.05, 0) is 48.9 Å². The van der Waals surface area contributed by atoms with Crippen LogP contribution in [0.4, 0.5) is 0 Å². The first-order chi connectivity index (χ1) is 12.4. The Morgan fingerprint density at radius 3 is 2.31 bits per heavy atom. The highest BCUT2D eigenvalue weighted by molar-refractivity contribution is 7.89. The van der Waals surface area contributed by atoms with Gasteiger partial charge in [-0.2, -0.15) is 9.98 Å².